The van der Waals surface area contributed by atoms with Gasteiger partial charge < -0.3 is 4.90 Å². The lowest BCUT2D eigenvalue weighted by atomic mass is 9.94. The van der Waals surface area contributed by atoms with E-state index in [-0.39, 0.29) is 17.9 Å². The Hall–Kier alpha value is -1.42. The summed E-state index contributed by atoms with van der Waals surface area (Å²) in [6.07, 6.45) is 5.86. The fraction of sp³-hybridized carbons (Fsp3) is 0.588. The Bertz CT molecular complexity index is 502. The fourth-order valence-corrected chi connectivity index (χ4v) is 3.70. The minimum absolute atomic E-state index is 0.108. The Morgan fingerprint density at radius 2 is 1.86 bits per heavy atom. The molecule has 3 unspecified atom stereocenters. The average molecular weight is 290 g/mol. The van der Waals surface area contributed by atoms with E-state index in [4.69, 9.17) is 0 Å². The van der Waals surface area contributed by atoms with Crippen LogP contribution >= 0.6 is 0 Å². The van der Waals surface area contributed by atoms with Crippen LogP contribution in [0.25, 0.3) is 0 Å². The maximum atomic E-state index is 13.1. The molecule has 3 nitrogen and oxygen atoms in total. The minimum atomic E-state index is -0.238. The van der Waals surface area contributed by atoms with E-state index in [0.29, 0.717) is 18.5 Å². The largest absolute Gasteiger partial charge is 0.319 e. The molecule has 114 valence electrons. The van der Waals surface area contributed by atoms with Crippen molar-refractivity contribution in [1.82, 2.24) is 10.2 Å². The quantitative estimate of drug-likeness (QED) is 0.848. The summed E-state index contributed by atoms with van der Waals surface area (Å²) in [6, 6.07) is 6.79. The fourth-order valence-electron chi connectivity index (χ4n) is 3.70. The second-order valence-electron chi connectivity index (χ2n) is 6.32. The van der Waals surface area contributed by atoms with Gasteiger partial charge in [-0.2, -0.15) is 0 Å². The monoisotopic (exact) mass is 290 g/mol. The predicted octanol–water partition coefficient (Wildman–Crippen LogP) is 3.22. The van der Waals surface area contributed by atoms with Gasteiger partial charge in [-0.15, -0.1) is 0 Å². The molecule has 2 aliphatic rings. The third-order valence-electron chi connectivity index (χ3n) is 4.87. The van der Waals surface area contributed by atoms with E-state index in [1.807, 2.05) is 4.90 Å². The van der Waals surface area contributed by atoms with Gasteiger partial charge in [0.25, 0.3) is 0 Å². The third kappa shape index (κ3) is 2.95. The maximum absolute atomic E-state index is 13.1. The van der Waals surface area contributed by atoms with Crippen LogP contribution in [0.4, 0.5) is 4.39 Å². The Labute approximate surface area is 125 Å². The summed E-state index contributed by atoms with van der Waals surface area (Å²) in [6.45, 7) is 2.63. The highest BCUT2D eigenvalue weighted by Gasteiger charge is 2.39. The summed E-state index contributed by atoms with van der Waals surface area (Å²) in [4.78, 5) is 14.4. The number of halogens is 1. The van der Waals surface area contributed by atoms with Gasteiger partial charge in [0.2, 0.25) is 5.91 Å². The molecule has 1 aliphatic heterocycles. The van der Waals surface area contributed by atoms with Crippen LogP contribution in [0.1, 0.15) is 50.8 Å². The molecule has 1 aromatic carbocycles. The van der Waals surface area contributed by atoms with Crippen molar-refractivity contribution < 1.29 is 9.18 Å². The summed E-state index contributed by atoms with van der Waals surface area (Å²) < 4.78 is 13.1. The molecular formula is C17H23FN2O. The number of nitrogens with one attached hydrogen (secondary N) is 1. The van der Waals surface area contributed by atoms with Crippen molar-refractivity contribution in [1.29, 1.82) is 0 Å². The SMILES string of the molecule is CC1CCCCCC1N1C(=O)CNC1c1ccc(F)cc1. The Morgan fingerprint density at radius 3 is 2.62 bits per heavy atom. The number of benzene rings is 1. The molecule has 1 saturated heterocycles. The number of rotatable bonds is 2. The van der Waals surface area contributed by atoms with Crippen LogP contribution in [0.3, 0.4) is 0 Å². The number of amides is 1. The summed E-state index contributed by atoms with van der Waals surface area (Å²) in [5.41, 5.74) is 0.971. The summed E-state index contributed by atoms with van der Waals surface area (Å²) in [7, 11) is 0. The molecule has 1 N–H and O–H groups in total. The van der Waals surface area contributed by atoms with Crippen LogP contribution in [0, 0.1) is 11.7 Å². The summed E-state index contributed by atoms with van der Waals surface area (Å²) >= 11 is 0. The first-order valence-electron chi connectivity index (χ1n) is 7.97. The highest BCUT2D eigenvalue weighted by molar-refractivity contribution is 5.81. The average Bonchev–Trinajstić information content (AvgIpc) is 2.72. The molecule has 0 spiro atoms. The molecule has 4 heteroatoms. The van der Waals surface area contributed by atoms with E-state index in [1.165, 1.54) is 37.8 Å². The second-order valence-corrected chi connectivity index (χ2v) is 6.32. The first-order valence-corrected chi connectivity index (χ1v) is 7.97. The van der Waals surface area contributed by atoms with Gasteiger partial charge in [0.05, 0.1) is 6.54 Å². The third-order valence-corrected chi connectivity index (χ3v) is 4.87. The molecule has 1 amide bonds. The first-order chi connectivity index (χ1) is 10.2. The highest BCUT2D eigenvalue weighted by Crippen LogP contribution is 2.34. The predicted molar refractivity (Wildman–Crippen MR) is 80.0 cm³/mol. The number of carbonyl (C=O) groups is 1. The van der Waals surface area contributed by atoms with Crippen LogP contribution in [0.5, 0.6) is 0 Å². The molecule has 1 aliphatic carbocycles. The molecule has 2 fully saturated rings. The van der Waals surface area contributed by atoms with E-state index in [1.54, 1.807) is 12.1 Å². The molecule has 1 saturated carbocycles. The second kappa shape index (κ2) is 6.14. The Morgan fingerprint density at radius 1 is 1.14 bits per heavy atom. The van der Waals surface area contributed by atoms with Gasteiger partial charge in [-0.1, -0.05) is 38.3 Å². The molecule has 1 heterocycles. The summed E-state index contributed by atoms with van der Waals surface area (Å²) in [5, 5.41) is 3.28. The molecule has 1 aromatic rings. The van der Waals surface area contributed by atoms with Crippen LogP contribution in [-0.4, -0.2) is 23.4 Å². The zero-order valence-corrected chi connectivity index (χ0v) is 12.5. The van der Waals surface area contributed by atoms with Crippen LogP contribution in [-0.2, 0) is 4.79 Å². The van der Waals surface area contributed by atoms with Crippen molar-refractivity contribution in [3.05, 3.63) is 35.6 Å². The maximum Gasteiger partial charge on any atom is 0.238 e. The Kier molecular flexibility index (Phi) is 4.24. The van der Waals surface area contributed by atoms with Crippen molar-refractivity contribution in [2.24, 2.45) is 5.92 Å². The zero-order chi connectivity index (χ0) is 14.8. The smallest absolute Gasteiger partial charge is 0.238 e. The molecular weight excluding hydrogens is 267 g/mol. The van der Waals surface area contributed by atoms with Crippen molar-refractivity contribution in [2.45, 2.75) is 51.2 Å². The number of carbonyl (C=O) groups excluding carboxylic acids is 1. The molecule has 0 aromatic heterocycles. The minimum Gasteiger partial charge on any atom is -0.319 e. The number of nitrogens with zero attached hydrogens (tertiary/aromatic N) is 1. The van der Waals surface area contributed by atoms with E-state index < -0.39 is 0 Å². The zero-order valence-electron chi connectivity index (χ0n) is 12.5. The number of hydrogen-bond acceptors (Lipinski definition) is 2. The van der Waals surface area contributed by atoms with Gasteiger partial charge in [0.15, 0.2) is 0 Å². The van der Waals surface area contributed by atoms with Crippen LogP contribution in [0.15, 0.2) is 24.3 Å². The van der Waals surface area contributed by atoms with Crippen molar-refractivity contribution >= 4 is 5.91 Å². The summed E-state index contributed by atoms with van der Waals surface area (Å²) in [5.74, 6) is 0.458. The van der Waals surface area contributed by atoms with Gasteiger partial charge in [-0.3, -0.25) is 10.1 Å². The van der Waals surface area contributed by atoms with Crippen molar-refractivity contribution in [3.8, 4) is 0 Å². The molecule has 3 rings (SSSR count). The van der Waals surface area contributed by atoms with Gasteiger partial charge in [-0.05, 0) is 36.5 Å². The van der Waals surface area contributed by atoms with E-state index in [0.717, 1.165) is 12.0 Å². The van der Waals surface area contributed by atoms with E-state index in [2.05, 4.69) is 12.2 Å². The van der Waals surface area contributed by atoms with E-state index in [9.17, 15) is 9.18 Å². The molecule has 0 radical (unpaired) electrons. The molecule has 3 atom stereocenters. The normalized spacial score (nSPS) is 30.5. The van der Waals surface area contributed by atoms with Gasteiger partial charge in [-0.25, -0.2) is 4.39 Å². The molecule has 21 heavy (non-hydrogen) atoms. The topological polar surface area (TPSA) is 32.3 Å². The molecule has 0 bridgehead atoms. The van der Waals surface area contributed by atoms with Crippen LogP contribution < -0.4 is 5.32 Å². The van der Waals surface area contributed by atoms with Gasteiger partial charge in [0, 0.05) is 6.04 Å². The van der Waals surface area contributed by atoms with E-state index >= 15 is 0 Å². The van der Waals surface area contributed by atoms with Gasteiger partial charge in [0.1, 0.15) is 12.0 Å². The lowest BCUT2D eigenvalue weighted by Gasteiger charge is -2.36. The van der Waals surface area contributed by atoms with Crippen molar-refractivity contribution in [2.75, 3.05) is 6.54 Å². The first kappa shape index (κ1) is 14.5. The lowest BCUT2D eigenvalue weighted by Crippen LogP contribution is -2.43. The Balaban J connectivity index is 1.86. The lowest BCUT2D eigenvalue weighted by molar-refractivity contribution is -0.131. The van der Waals surface area contributed by atoms with Gasteiger partial charge >= 0.3 is 0 Å². The number of hydrogen-bond donors (Lipinski definition) is 1. The van der Waals surface area contributed by atoms with Crippen molar-refractivity contribution in [3.63, 3.8) is 0 Å². The van der Waals surface area contributed by atoms with Crippen LogP contribution in [0.2, 0.25) is 0 Å². The standard InChI is InChI=1S/C17H23FN2O/c1-12-5-3-2-4-6-15(12)20-16(21)11-19-17(20)13-7-9-14(18)10-8-13/h7-10,12,15,17,19H,2-6,11H2,1H3. The highest BCUT2D eigenvalue weighted by atomic mass is 19.1.